The van der Waals surface area contributed by atoms with Crippen LogP contribution in [0.4, 0.5) is 0 Å². The fourth-order valence-electron chi connectivity index (χ4n) is 3.31. The van der Waals surface area contributed by atoms with E-state index in [9.17, 15) is 4.79 Å². The molecule has 0 aromatic carbocycles. The second kappa shape index (κ2) is 6.52. The van der Waals surface area contributed by atoms with Gasteiger partial charge in [0.2, 0.25) is 11.8 Å². The lowest BCUT2D eigenvalue weighted by atomic mass is 10.0. The highest BCUT2D eigenvalue weighted by Crippen LogP contribution is 2.28. The number of hydrogen-bond donors (Lipinski definition) is 1. The molecule has 2 aromatic rings. The molecule has 0 spiro atoms. The van der Waals surface area contributed by atoms with Crippen LogP contribution in [0.3, 0.4) is 0 Å². The topological polar surface area (TPSA) is 85.8 Å². The van der Waals surface area contributed by atoms with E-state index in [0.717, 1.165) is 37.8 Å². The molecule has 1 aliphatic carbocycles. The summed E-state index contributed by atoms with van der Waals surface area (Å²) in [5.74, 6) is 1.76. The summed E-state index contributed by atoms with van der Waals surface area (Å²) in [7, 11) is 1.84. The highest BCUT2D eigenvalue weighted by molar-refractivity contribution is 5.95. The van der Waals surface area contributed by atoms with Crippen LogP contribution in [0.25, 0.3) is 0 Å². The van der Waals surface area contributed by atoms with Crippen LogP contribution in [0, 0.1) is 12.8 Å². The second-order valence-corrected chi connectivity index (χ2v) is 6.29. The molecule has 124 valence electrons. The molecule has 1 N–H and O–H groups in total. The van der Waals surface area contributed by atoms with Gasteiger partial charge in [-0.05, 0) is 31.6 Å². The number of carbonyl (C=O) groups is 1. The molecule has 0 unspecified atom stereocenters. The lowest BCUT2D eigenvalue weighted by Crippen LogP contribution is -2.33. The van der Waals surface area contributed by atoms with Crippen LogP contribution in [-0.2, 0) is 19.9 Å². The Kier molecular flexibility index (Phi) is 4.45. The van der Waals surface area contributed by atoms with Crippen LogP contribution in [0.2, 0.25) is 0 Å². The minimum absolute atomic E-state index is 0.0192. The predicted molar refractivity (Wildman–Crippen MR) is 83.9 cm³/mol. The quantitative estimate of drug-likeness (QED) is 0.909. The van der Waals surface area contributed by atoms with Crippen LogP contribution in [0.1, 0.15) is 54.0 Å². The Bertz CT molecular complexity index is 690. The zero-order valence-corrected chi connectivity index (χ0v) is 13.9. The van der Waals surface area contributed by atoms with E-state index in [1.807, 2.05) is 14.0 Å². The molecule has 0 radical (unpaired) electrons. The van der Waals surface area contributed by atoms with Gasteiger partial charge in [0.1, 0.15) is 0 Å². The first-order valence-electron chi connectivity index (χ1n) is 8.17. The lowest BCUT2D eigenvalue weighted by molar-refractivity contribution is 0.0936. The van der Waals surface area contributed by atoms with Gasteiger partial charge in [-0.15, -0.1) is 10.2 Å². The Balaban J connectivity index is 1.56. The maximum absolute atomic E-state index is 12.5. The number of amides is 1. The minimum Gasteiger partial charge on any atom is -0.426 e. The maximum Gasteiger partial charge on any atom is 0.254 e. The van der Waals surface area contributed by atoms with Gasteiger partial charge in [-0.3, -0.25) is 9.48 Å². The fourth-order valence-corrected chi connectivity index (χ4v) is 3.31. The number of aromatic nitrogens is 4. The molecule has 23 heavy (non-hydrogen) atoms. The van der Waals surface area contributed by atoms with Gasteiger partial charge in [-0.1, -0.05) is 6.92 Å². The van der Waals surface area contributed by atoms with Crippen molar-refractivity contribution in [3.05, 3.63) is 29.2 Å². The van der Waals surface area contributed by atoms with Gasteiger partial charge in [0, 0.05) is 32.6 Å². The number of rotatable bonds is 5. The van der Waals surface area contributed by atoms with Crippen LogP contribution in [0.15, 0.2) is 10.6 Å². The smallest absolute Gasteiger partial charge is 0.254 e. The first-order valence-corrected chi connectivity index (χ1v) is 8.17. The molecular weight excluding hydrogens is 294 g/mol. The zero-order chi connectivity index (χ0) is 16.4. The van der Waals surface area contributed by atoms with Crippen molar-refractivity contribution in [2.24, 2.45) is 13.0 Å². The number of carbonyl (C=O) groups excluding carboxylic acids is 1. The average Bonchev–Trinajstić information content (AvgIpc) is 3.20. The SMILES string of the molecule is CCc1nn(C)cc1C(=O)N[C@H]1CC[C@@H](Cc2nnc(C)o2)C1. The van der Waals surface area contributed by atoms with Gasteiger partial charge in [0.05, 0.1) is 11.3 Å². The zero-order valence-electron chi connectivity index (χ0n) is 13.9. The Morgan fingerprint density at radius 2 is 2.26 bits per heavy atom. The third-order valence-corrected chi connectivity index (χ3v) is 4.39. The molecule has 0 saturated heterocycles. The van der Waals surface area contributed by atoms with Gasteiger partial charge in [-0.2, -0.15) is 5.10 Å². The van der Waals surface area contributed by atoms with E-state index in [-0.39, 0.29) is 11.9 Å². The van der Waals surface area contributed by atoms with Crippen molar-refractivity contribution in [3.63, 3.8) is 0 Å². The summed E-state index contributed by atoms with van der Waals surface area (Å²) >= 11 is 0. The van der Waals surface area contributed by atoms with E-state index < -0.39 is 0 Å². The van der Waals surface area contributed by atoms with E-state index in [4.69, 9.17) is 4.42 Å². The summed E-state index contributed by atoms with van der Waals surface area (Å²) in [4.78, 5) is 12.5. The van der Waals surface area contributed by atoms with Gasteiger partial charge >= 0.3 is 0 Å². The van der Waals surface area contributed by atoms with Crippen molar-refractivity contribution < 1.29 is 9.21 Å². The van der Waals surface area contributed by atoms with Crippen LogP contribution < -0.4 is 5.32 Å². The molecule has 0 aliphatic heterocycles. The summed E-state index contributed by atoms with van der Waals surface area (Å²) in [6, 6.07) is 0.210. The first kappa shape index (κ1) is 15.7. The molecule has 3 rings (SSSR count). The minimum atomic E-state index is -0.0192. The van der Waals surface area contributed by atoms with E-state index >= 15 is 0 Å². The van der Waals surface area contributed by atoms with Crippen molar-refractivity contribution in [3.8, 4) is 0 Å². The summed E-state index contributed by atoms with van der Waals surface area (Å²) in [5.41, 5.74) is 1.53. The van der Waals surface area contributed by atoms with E-state index in [1.54, 1.807) is 17.8 Å². The van der Waals surface area contributed by atoms with Crippen molar-refractivity contribution in [1.82, 2.24) is 25.3 Å². The summed E-state index contributed by atoms with van der Waals surface area (Å²) in [5, 5.41) is 15.4. The van der Waals surface area contributed by atoms with Gasteiger partial charge < -0.3 is 9.73 Å². The average molecular weight is 317 g/mol. The standard InChI is InChI=1S/C16H23N5O2/c1-4-14-13(9-21(3)20-14)16(22)17-12-6-5-11(7-12)8-15-19-18-10(2)23-15/h9,11-12H,4-8H2,1-3H3,(H,17,22)/t11-,12+/m1/s1. The summed E-state index contributed by atoms with van der Waals surface area (Å²) in [6.45, 7) is 3.81. The Morgan fingerprint density at radius 3 is 2.96 bits per heavy atom. The molecule has 1 amide bonds. The monoisotopic (exact) mass is 317 g/mol. The number of nitrogens with zero attached hydrogens (tertiary/aromatic N) is 4. The molecule has 2 aromatic heterocycles. The number of aryl methyl sites for hydroxylation is 3. The van der Waals surface area contributed by atoms with Crippen LogP contribution >= 0.6 is 0 Å². The second-order valence-electron chi connectivity index (χ2n) is 6.29. The molecule has 1 fully saturated rings. The molecule has 2 atom stereocenters. The maximum atomic E-state index is 12.5. The highest BCUT2D eigenvalue weighted by Gasteiger charge is 2.28. The fraction of sp³-hybridized carbons (Fsp3) is 0.625. The van der Waals surface area contributed by atoms with Crippen molar-refractivity contribution in [1.29, 1.82) is 0 Å². The molecule has 7 heteroatoms. The van der Waals surface area contributed by atoms with Crippen LogP contribution in [0.5, 0.6) is 0 Å². The van der Waals surface area contributed by atoms with Crippen molar-refractivity contribution in [2.75, 3.05) is 0 Å². The van der Waals surface area contributed by atoms with Crippen molar-refractivity contribution in [2.45, 2.75) is 52.0 Å². The molecule has 7 nitrogen and oxygen atoms in total. The third-order valence-electron chi connectivity index (χ3n) is 4.39. The molecule has 0 bridgehead atoms. The largest absolute Gasteiger partial charge is 0.426 e. The number of nitrogens with one attached hydrogen (secondary N) is 1. The lowest BCUT2D eigenvalue weighted by Gasteiger charge is -2.12. The van der Waals surface area contributed by atoms with E-state index in [2.05, 4.69) is 20.6 Å². The Morgan fingerprint density at radius 1 is 1.43 bits per heavy atom. The Hall–Kier alpha value is -2.18. The molecule has 2 heterocycles. The third kappa shape index (κ3) is 3.60. The predicted octanol–water partition coefficient (Wildman–Crippen LogP) is 1.82. The van der Waals surface area contributed by atoms with Crippen molar-refractivity contribution >= 4 is 5.91 Å². The first-order chi connectivity index (χ1) is 11.0. The molecule has 1 saturated carbocycles. The molecule has 1 aliphatic rings. The summed E-state index contributed by atoms with van der Waals surface area (Å²) < 4.78 is 7.14. The highest BCUT2D eigenvalue weighted by atomic mass is 16.4. The number of hydrogen-bond acceptors (Lipinski definition) is 5. The van der Waals surface area contributed by atoms with Crippen LogP contribution in [-0.4, -0.2) is 31.9 Å². The normalized spacial score (nSPS) is 20.8. The van der Waals surface area contributed by atoms with Gasteiger partial charge in [0.15, 0.2) is 0 Å². The summed E-state index contributed by atoms with van der Waals surface area (Å²) in [6.07, 6.45) is 6.36. The Labute approximate surface area is 135 Å². The van der Waals surface area contributed by atoms with Gasteiger partial charge in [-0.25, -0.2) is 0 Å². The van der Waals surface area contributed by atoms with Gasteiger partial charge in [0.25, 0.3) is 5.91 Å². The van der Waals surface area contributed by atoms with E-state index in [0.29, 0.717) is 23.3 Å². The molecular formula is C16H23N5O2. The van der Waals surface area contributed by atoms with E-state index in [1.165, 1.54) is 0 Å².